The van der Waals surface area contributed by atoms with Gasteiger partial charge in [-0.2, -0.15) is 0 Å². The van der Waals surface area contributed by atoms with Crippen LogP contribution in [0, 0.1) is 0 Å². The standard InChI is InChI=1S/C19H17ClN4O2/c1-26-17-8-7-14(11-15(17)20)23-19-21-10-9-16(24-19)18(25)22-12-13-5-3-2-4-6-13/h2-11H,12H2,1H3,(H,22,25)(H,21,23,24). The number of benzene rings is 2. The molecule has 0 saturated heterocycles. The highest BCUT2D eigenvalue weighted by molar-refractivity contribution is 6.32. The Labute approximate surface area is 156 Å². The Bertz CT molecular complexity index is 903. The van der Waals surface area contributed by atoms with Crippen LogP contribution in [-0.2, 0) is 6.54 Å². The number of amides is 1. The third-order valence-electron chi connectivity index (χ3n) is 3.59. The maximum absolute atomic E-state index is 12.3. The van der Waals surface area contributed by atoms with Gasteiger partial charge in [-0.1, -0.05) is 41.9 Å². The van der Waals surface area contributed by atoms with E-state index in [1.54, 1.807) is 31.4 Å². The van der Waals surface area contributed by atoms with Crippen molar-refractivity contribution in [3.8, 4) is 5.75 Å². The van der Waals surface area contributed by atoms with Crippen LogP contribution in [0.4, 0.5) is 11.6 Å². The van der Waals surface area contributed by atoms with Gasteiger partial charge < -0.3 is 15.4 Å². The van der Waals surface area contributed by atoms with Gasteiger partial charge in [0.05, 0.1) is 12.1 Å². The molecule has 2 N–H and O–H groups in total. The number of hydrogen-bond donors (Lipinski definition) is 2. The third-order valence-corrected chi connectivity index (χ3v) is 3.89. The number of anilines is 2. The molecule has 0 bridgehead atoms. The molecule has 0 aliphatic rings. The minimum Gasteiger partial charge on any atom is -0.495 e. The van der Waals surface area contributed by atoms with E-state index in [1.165, 1.54) is 6.20 Å². The topological polar surface area (TPSA) is 76.1 Å². The van der Waals surface area contributed by atoms with Crippen molar-refractivity contribution in [3.63, 3.8) is 0 Å². The molecule has 6 nitrogen and oxygen atoms in total. The van der Waals surface area contributed by atoms with Crippen molar-refractivity contribution in [2.45, 2.75) is 6.54 Å². The fraction of sp³-hybridized carbons (Fsp3) is 0.105. The molecular formula is C19H17ClN4O2. The second kappa shape index (κ2) is 8.31. The number of carbonyl (C=O) groups is 1. The molecule has 7 heteroatoms. The first-order valence-corrected chi connectivity index (χ1v) is 8.29. The Morgan fingerprint density at radius 2 is 1.96 bits per heavy atom. The maximum Gasteiger partial charge on any atom is 0.270 e. The summed E-state index contributed by atoms with van der Waals surface area (Å²) in [5.74, 6) is 0.609. The lowest BCUT2D eigenvalue weighted by molar-refractivity contribution is 0.0946. The summed E-state index contributed by atoms with van der Waals surface area (Å²) in [5.41, 5.74) is 1.98. The number of aromatic nitrogens is 2. The lowest BCUT2D eigenvalue weighted by Gasteiger charge is -2.09. The number of nitrogens with zero attached hydrogens (tertiary/aromatic N) is 2. The van der Waals surface area contributed by atoms with Crippen molar-refractivity contribution in [1.82, 2.24) is 15.3 Å². The number of nitrogens with one attached hydrogen (secondary N) is 2. The van der Waals surface area contributed by atoms with Crippen molar-refractivity contribution in [2.75, 3.05) is 12.4 Å². The number of ether oxygens (including phenoxy) is 1. The van der Waals surface area contributed by atoms with Crippen LogP contribution < -0.4 is 15.4 Å². The lowest BCUT2D eigenvalue weighted by Crippen LogP contribution is -2.24. The molecule has 0 fully saturated rings. The first-order valence-electron chi connectivity index (χ1n) is 7.91. The molecule has 0 aliphatic carbocycles. The van der Waals surface area contributed by atoms with Crippen molar-refractivity contribution in [3.05, 3.63) is 77.1 Å². The smallest absolute Gasteiger partial charge is 0.270 e. The number of rotatable bonds is 6. The fourth-order valence-electron chi connectivity index (χ4n) is 2.29. The van der Waals surface area contributed by atoms with Gasteiger partial charge in [-0.05, 0) is 29.8 Å². The van der Waals surface area contributed by atoms with Gasteiger partial charge in [-0.3, -0.25) is 4.79 Å². The van der Waals surface area contributed by atoms with E-state index in [4.69, 9.17) is 16.3 Å². The van der Waals surface area contributed by atoms with E-state index in [1.807, 2.05) is 30.3 Å². The zero-order valence-corrected chi connectivity index (χ0v) is 14.8. The van der Waals surface area contributed by atoms with Gasteiger partial charge in [0.15, 0.2) is 0 Å². The van der Waals surface area contributed by atoms with Crippen molar-refractivity contribution >= 4 is 29.1 Å². The summed E-state index contributed by atoms with van der Waals surface area (Å²) in [6.45, 7) is 0.431. The van der Waals surface area contributed by atoms with Gasteiger partial charge in [-0.15, -0.1) is 0 Å². The van der Waals surface area contributed by atoms with E-state index in [2.05, 4.69) is 20.6 Å². The Hall–Kier alpha value is -3.12. The van der Waals surface area contributed by atoms with E-state index in [9.17, 15) is 4.79 Å². The lowest BCUT2D eigenvalue weighted by atomic mass is 10.2. The van der Waals surface area contributed by atoms with E-state index < -0.39 is 0 Å². The maximum atomic E-state index is 12.3. The van der Waals surface area contributed by atoms with Crippen molar-refractivity contribution < 1.29 is 9.53 Å². The molecule has 3 rings (SSSR count). The zero-order valence-electron chi connectivity index (χ0n) is 14.1. The monoisotopic (exact) mass is 368 g/mol. The average Bonchev–Trinajstić information content (AvgIpc) is 2.67. The summed E-state index contributed by atoms with van der Waals surface area (Å²) >= 11 is 6.11. The van der Waals surface area contributed by atoms with Crippen LogP contribution in [0.5, 0.6) is 5.75 Å². The van der Waals surface area contributed by atoms with Crippen LogP contribution in [0.1, 0.15) is 16.1 Å². The van der Waals surface area contributed by atoms with Crippen molar-refractivity contribution in [1.29, 1.82) is 0 Å². The van der Waals surface area contributed by atoms with Crippen LogP contribution in [0.25, 0.3) is 0 Å². The largest absolute Gasteiger partial charge is 0.495 e. The normalized spacial score (nSPS) is 10.2. The molecule has 0 aliphatic heterocycles. The van der Waals surface area contributed by atoms with Crippen LogP contribution in [-0.4, -0.2) is 23.0 Å². The fourth-order valence-corrected chi connectivity index (χ4v) is 2.55. The van der Waals surface area contributed by atoms with E-state index in [-0.39, 0.29) is 11.6 Å². The second-order valence-corrected chi connectivity index (χ2v) is 5.82. The first kappa shape index (κ1) is 17.7. The average molecular weight is 369 g/mol. The van der Waals surface area contributed by atoms with Crippen LogP contribution >= 0.6 is 11.6 Å². The molecule has 2 aromatic carbocycles. The van der Waals surface area contributed by atoms with Gasteiger partial charge in [0.25, 0.3) is 5.91 Å². The summed E-state index contributed by atoms with van der Waals surface area (Å²) in [4.78, 5) is 20.7. The zero-order chi connectivity index (χ0) is 18.4. The Morgan fingerprint density at radius 1 is 1.15 bits per heavy atom. The van der Waals surface area contributed by atoms with Gasteiger partial charge >= 0.3 is 0 Å². The van der Waals surface area contributed by atoms with Gasteiger partial charge in [0, 0.05) is 18.4 Å². The summed E-state index contributed by atoms with van der Waals surface area (Å²) in [7, 11) is 1.55. The van der Waals surface area contributed by atoms with Crippen LogP contribution in [0.2, 0.25) is 5.02 Å². The molecule has 0 saturated carbocycles. The molecule has 132 valence electrons. The van der Waals surface area contributed by atoms with Crippen LogP contribution in [0.15, 0.2) is 60.8 Å². The van der Waals surface area contributed by atoms with Crippen molar-refractivity contribution in [2.24, 2.45) is 0 Å². The first-order chi connectivity index (χ1) is 12.7. The summed E-state index contributed by atoms with van der Waals surface area (Å²) in [5, 5.41) is 6.33. The molecule has 26 heavy (non-hydrogen) atoms. The molecule has 1 aromatic heterocycles. The highest BCUT2D eigenvalue weighted by atomic mass is 35.5. The quantitative estimate of drug-likeness (QED) is 0.691. The molecule has 1 heterocycles. The van der Waals surface area contributed by atoms with E-state index in [0.717, 1.165) is 5.56 Å². The Kier molecular flexibility index (Phi) is 5.66. The summed E-state index contributed by atoms with van der Waals surface area (Å²) < 4.78 is 5.12. The predicted molar refractivity (Wildman–Crippen MR) is 101 cm³/mol. The number of halogens is 1. The minimum atomic E-state index is -0.271. The summed E-state index contributed by atoms with van der Waals surface area (Å²) in [6, 6.07) is 16.5. The molecule has 1 amide bonds. The minimum absolute atomic E-state index is 0.271. The molecule has 0 radical (unpaired) electrons. The van der Waals surface area contributed by atoms with Gasteiger partial charge in [0.1, 0.15) is 11.4 Å². The Balaban J connectivity index is 1.67. The van der Waals surface area contributed by atoms with E-state index in [0.29, 0.717) is 29.0 Å². The highest BCUT2D eigenvalue weighted by Crippen LogP contribution is 2.28. The third kappa shape index (κ3) is 4.49. The number of hydrogen-bond acceptors (Lipinski definition) is 5. The van der Waals surface area contributed by atoms with E-state index >= 15 is 0 Å². The number of carbonyl (C=O) groups excluding carboxylic acids is 1. The van der Waals surface area contributed by atoms with Gasteiger partial charge in [0.2, 0.25) is 5.95 Å². The molecule has 3 aromatic rings. The second-order valence-electron chi connectivity index (χ2n) is 5.41. The summed E-state index contributed by atoms with van der Waals surface area (Å²) in [6.07, 6.45) is 1.53. The SMILES string of the molecule is COc1ccc(Nc2nccc(C(=O)NCc3ccccc3)n2)cc1Cl. The molecule has 0 atom stereocenters. The number of methoxy groups -OCH3 is 1. The molecule has 0 spiro atoms. The predicted octanol–water partition coefficient (Wildman–Crippen LogP) is 3.81. The van der Waals surface area contributed by atoms with Crippen LogP contribution in [0.3, 0.4) is 0 Å². The molecule has 0 unspecified atom stereocenters. The molecular weight excluding hydrogens is 352 g/mol. The van der Waals surface area contributed by atoms with Gasteiger partial charge in [-0.25, -0.2) is 9.97 Å². The highest BCUT2D eigenvalue weighted by Gasteiger charge is 2.09. The Morgan fingerprint density at radius 3 is 2.69 bits per heavy atom.